The molecule has 1 aromatic heterocycles. The fourth-order valence-corrected chi connectivity index (χ4v) is 2.48. The van der Waals surface area contributed by atoms with Crippen molar-refractivity contribution >= 4 is 11.3 Å². The Hall–Kier alpha value is -1.43. The van der Waals surface area contributed by atoms with E-state index >= 15 is 0 Å². The Morgan fingerprint density at radius 2 is 2.33 bits per heavy atom. The van der Waals surface area contributed by atoms with Crippen molar-refractivity contribution in [3.8, 4) is 17.0 Å². The zero-order valence-corrected chi connectivity index (χ0v) is 11.0. The zero-order valence-electron chi connectivity index (χ0n) is 10.2. The second kappa shape index (κ2) is 5.95. The number of nitrogens with zero attached hydrogens (tertiary/aromatic N) is 1. The van der Waals surface area contributed by atoms with Crippen molar-refractivity contribution in [2.75, 3.05) is 13.7 Å². The maximum Gasteiger partial charge on any atom is 0.119 e. The molecule has 5 heteroatoms. The lowest BCUT2D eigenvalue weighted by Crippen LogP contribution is -2.21. The summed E-state index contributed by atoms with van der Waals surface area (Å²) in [7, 11) is 1.64. The highest BCUT2D eigenvalue weighted by atomic mass is 32.1. The molecule has 0 aliphatic rings. The Kier molecular flexibility index (Phi) is 4.30. The predicted octanol–water partition coefficient (Wildman–Crippen LogP) is 1.68. The van der Waals surface area contributed by atoms with Crippen molar-refractivity contribution in [1.82, 2.24) is 4.98 Å². The van der Waals surface area contributed by atoms with Gasteiger partial charge in [-0.05, 0) is 12.1 Å². The van der Waals surface area contributed by atoms with E-state index in [0.717, 1.165) is 22.0 Å². The molecule has 0 spiro atoms. The van der Waals surface area contributed by atoms with E-state index in [2.05, 4.69) is 4.98 Å². The van der Waals surface area contributed by atoms with E-state index < -0.39 is 6.10 Å². The van der Waals surface area contributed by atoms with Gasteiger partial charge in [0.15, 0.2) is 0 Å². The van der Waals surface area contributed by atoms with Gasteiger partial charge in [-0.2, -0.15) is 0 Å². The number of aromatic nitrogens is 1. The lowest BCUT2D eigenvalue weighted by atomic mass is 10.1. The van der Waals surface area contributed by atoms with Crippen LogP contribution in [-0.2, 0) is 6.42 Å². The fourth-order valence-electron chi connectivity index (χ4n) is 1.60. The van der Waals surface area contributed by atoms with Crippen LogP contribution in [0, 0.1) is 0 Å². The summed E-state index contributed by atoms with van der Waals surface area (Å²) in [5.41, 5.74) is 7.30. The standard InChI is InChI=1S/C13H16N2O2S/c1-17-11-4-2-3-9(5-11)12-8-18-13(15-12)6-10(16)7-14/h2-5,8,10,16H,6-7,14H2,1H3. The Morgan fingerprint density at radius 1 is 1.50 bits per heavy atom. The van der Waals surface area contributed by atoms with Gasteiger partial charge in [0.25, 0.3) is 0 Å². The molecule has 0 radical (unpaired) electrons. The van der Waals surface area contributed by atoms with Gasteiger partial charge in [0, 0.05) is 23.9 Å². The number of aliphatic hydroxyl groups is 1. The Bertz CT molecular complexity index is 513. The molecule has 0 amide bonds. The molecule has 0 aliphatic heterocycles. The SMILES string of the molecule is COc1cccc(-c2csc(CC(O)CN)n2)c1. The largest absolute Gasteiger partial charge is 0.497 e. The van der Waals surface area contributed by atoms with Crippen molar-refractivity contribution in [3.05, 3.63) is 34.7 Å². The summed E-state index contributed by atoms with van der Waals surface area (Å²) < 4.78 is 5.18. The van der Waals surface area contributed by atoms with E-state index in [1.165, 1.54) is 11.3 Å². The van der Waals surface area contributed by atoms with E-state index in [4.69, 9.17) is 10.5 Å². The van der Waals surface area contributed by atoms with Crippen LogP contribution in [0.25, 0.3) is 11.3 Å². The van der Waals surface area contributed by atoms with E-state index in [1.807, 2.05) is 29.6 Å². The minimum atomic E-state index is -0.519. The van der Waals surface area contributed by atoms with Crippen LogP contribution in [0.3, 0.4) is 0 Å². The van der Waals surface area contributed by atoms with Gasteiger partial charge in [0.2, 0.25) is 0 Å². The summed E-state index contributed by atoms with van der Waals surface area (Å²) in [6, 6.07) is 7.76. The molecular weight excluding hydrogens is 248 g/mol. The number of rotatable bonds is 5. The van der Waals surface area contributed by atoms with Crippen molar-refractivity contribution in [2.24, 2.45) is 5.73 Å². The first-order valence-corrected chi connectivity index (χ1v) is 6.58. The summed E-state index contributed by atoms with van der Waals surface area (Å²) in [6.45, 7) is 0.258. The highest BCUT2D eigenvalue weighted by molar-refractivity contribution is 7.09. The fraction of sp³-hybridized carbons (Fsp3) is 0.308. The van der Waals surface area contributed by atoms with Crippen molar-refractivity contribution in [1.29, 1.82) is 0 Å². The molecule has 1 heterocycles. The third kappa shape index (κ3) is 3.07. The highest BCUT2D eigenvalue weighted by Gasteiger charge is 2.09. The molecular formula is C13H16N2O2S. The molecule has 1 unspecified atom stereocenters. The molecule has 18 heavy (non-hydrogen) atoms. The van der Waals surface area contributed by atoms with Crippen LogP contribution >= 0.6 is 11.3 Å². The third-order valence-corrected chi connectivity index (χ3v) is 3.47. The monoisotopic (exact) mass is 264 g/mol. The average molecular weight is 264 g/mol. The summed E-state index contributed by atoms with van der Waals surface area (Å²) in [5, 5.41) is 12.4. The Labute approximate surface area is 110 Å². The van der Waals surface area contributed by atoms with Crippen LogP contribution < -0.4 is 10.5 Å². The Morgan fingerprint density at radius 3 is 3.06 bits per heavy atom. The molecule has 0 fully saturated rings. The van der Waals surface area contributed by atoms with Crippen LogP contribution in [0.15, 0.2) is 29.6 Å². The predicted molar refractivity (Wildman–Crippen MR) is 72.9 cm³/mol. The first-order valence-electron chi connectivity index (χ1n) is 5.70. The number of aliphatic hydroxyl groups excluding tert-OH is 1. The van der Waals surface area contributed by atoms with Gasteiger partial charge in [0.05, 0.1) is 23.9 Å². The number of methoxy groups -OCH3 is 1. The molecule has 0 bridgehead atoms. The topological polar surface area (TPSA) is 68.4 Å². The first kappa shape index (κ1) is 13.0. The maximum absolute atomic E-state index is 9.50. The number of hydrogen-bond donors (Lipinski definition) is 2. The average Bonchev–Trinajstić information content (AvgIpc) is 2.87. The number of benzene rings is 1. The summed E-state index contributed by atoms with van der Waals surface area (Å²) in [5.74, 6) is 0.809. The molecule has 4 nitrogen and oxygen atoms in total. The summed E-state index contributed by atoms with van der Waals surface area (Å²) >= 11 is 1.53. The molecule has 1 aromatic carbocycles. The summed E-state index contributed by atoms with van der Waals surface area (Å²) in [4.78, 5) is 4.49. The van der Waals surface area contributed by atoms with E-state index in [-0.39, 0.29) is 6.54 Å². The minimum absolute atomic E-state index is 0.258. The zero-order chi connectivity index (χ0) is 13.0. The van der Waals surface area contributed by atoms with Gasteiger partial charge in [-0.25, -0.2) is 4.98 Å². The second-order valence-electron chi connectivity index (χ2n) is 3.95. The van der Waals surface area contributed by atoms with Crippen LogP contribution in [-0.4, -0.2) is 29.8 Å². The number of hydrogen-bond acceptors (Lipinski definition) is 5. The number of thiazole rings is 1. The van der Waals surface area contributed by atoms with Crippen LogP contribution in [0.1, 0.15) is 5.01 Å². The van der Waals surface area contributed by atoms with E-state index in [1.54, 1.807) is 7.11 Å². The number of nitrogens with two attached hydrogens (primary N) is 1. The molecule has 0 saturated carbocycles. The van der Waals surface area contributed by atoms with Crippen LogP contribution in [0.5, 0.6) is 5.75 Å². The van der Waals surface area contributed by atoms with Gasteiger partial charge >= 0.3 is 0 Å². The smallest absolute Gasteiger partial charge is 0.119 e. The number of ether oxygens (including phenoxy) is 1. The highest BCUT2D eigenvalue weighted by Crippen LogP contribution is 2.25. The minimum Gasteiger partial charge on any atom is -0.497 e. The van der Waals surface area contributed by atoms with Gasteiger partial charge in [-0.15, -0.1) is 11.3 Å². The summed E-state index contributed by atoms with van der Waals surface area (Å²) in [6.07, 6.45) is -0.0141. The van der Waals surface area contributed by atoms with Crippen LogP contribution in [0.4, 0.5) is 0 Å². The molecule has 0 aliphatic carbocycles. The third-order valence-electron chi connectivity index (χ3n) is 2.60. The molecule has 96 valence electrons. The van der Waals surface area contributed by atoms with Crippen molar-refractivity contribution < 1.29 is 9.84 Å². The molecule has 2 aromatic rings. The van der Waals surface area contributed by atoms with E-state index in [0.29, 0.717) is 6.42 Å². The van der Waals surface area contributed by atoms with Crippen molar-refractivity contribution in [2.45, 2.75) is 12.5 Å². The first-order chi connectivity index (χ1) is 8.72. The Balaban J connectivity index is 2.18. The lowest BCUT2D eigenvalue weighted by Gasteiger charge is -2.03. The lowest BCUT2D eigenvalue weighted by molar-refractivity contribution is 0.183. The molecule has 1 atom stereocenters. The molecule has 0 saturated heterocycles. The van der Waals surface area contributed by atoms with Gasteiger partial charge in [-0.1, -0.05) is 12.1 Å². The van der Waals surface area contributed by atoms with E-state index in [9.17, 15) is 5.11 Å². The van der Waals surface area contributed by atoms with Gasteiger partial charge < -0.3 is 15.6 Å². The van der Waals surface area contributed by atoms with Gasteiger partial charge in [-0.3, -0.25) is 0 Å². The van der Waals surface area contributed by atoms with Crippen molar-refractivity contribution in [3.63, 3.8) is 0 Å². The van der Waals surface area contributed by atoms with Crippen LogP contribution in [0.2, 0.25) is 0 Å². The quantitative estimate of drug-likeness (QED) is 0.862. The molecule has 2 rings (SSSR count). The second-order valence-corrected chi connectivity index (χ2v) is 4.89. The molecule has 3 N–H and O–H groups in total. The maximum atomic E-state index is 9.50. The normalized spacial score (nSPS) is 12.4. The van der Waals surface area contributed by atoms with Gasteiger partial charge in [0.1, 0.15) is 5.75 Å².